The number of fused-ring (bicyclic) bond motifs is 2. The Morgan fingerprint density at radius 1 is 1.42 bits per heavy atom. The van der Waals surface area contributed by atoms with Crippen LogP contribution in [0.5, 0.6) is 0 Å². The number of nitrogens with zero attached hydrogens (tertiary/aromatic N) is 2. The minimum Gasteiger partial charge on any atom is -0.444 e. The van der Waals surface area contributed by atoms with Gasteiger partial charge in [-0.3, -0.25) is 0 Å². The summed E-state index contributed by atoms with van der Waals surface area (Å²) in [6.07, 6.45) is 1.14. The number of carbonyl (C=O) groups excluding carboxylic acids is 1. The van der Waals surface area contributed by atoms with Gasteiger partial charge in [0.2, 0.25) is 0 Å². The molecular formula is C18H22F2N2O4. The minimum absolute atomic E-state index is 0.134. The summed E-state index contributed by atoms with van der Waals surface area (Å²) in [6.45, 7) is 5.96. The molecule has 142 valence electrons. The monoisotopic (exact) mass is 368 g/mol. The Morgan fingerprint density at radius 2 is 2.12 bits per heavy atom. The van der Waals surface area contributed by atoms with Crippen molar-refractivity contribution in [1.82, 2.24) is 4.90 Å². The molecule has 0 radical (unpaired) electrons. The number of likely N-dealkylation sites (tertiary alicyclic amines) is 1. The average molecular weight is 368 g/mol. The molecular weight excluding hydrogens is 346 g/mol. The molecule has 8 heteroatoms. The van der Waals surface area contributed by atoms with Gasteiger partial charge in [0.15, 0.2) is 11.6 Å². The van der Waals surface area contributed by atoms with E-state index in [-0.39, 0.29) is 13.2 Å². The third-order valence-electron chi connectivity index (χ3n) is 4.75. The molecule has 1 aromatic carbocycles. The molecule has 0 aliphatic carbocycles. The molecule has 0 saturated carbocycles. The molecule has 1 amide bonds. The van der Waals surface area contributed by atoms with Gasteiger partial charge in [0.1, 0.15) is 11.2 Å². The second-order valence-corrected chi connectivity index (χ2v) is 7.65. The van der Waals surface area contributed by atoms with Crippen molar-refractivity contribution in [3.05, 3.63) is 34.9 Å². The predicted octanol–water partition coefficient (Wildman–Crippen LogP) is 3.41. The van der Waals surface area contributed by atoms with Crippen LogP contribution >= 0.6 is 0 Å². The van der Waals surface area contributed by atoms with Gasteiger partial charge in [-0.2, -0.15) is 0 Å². The third kappa shape index (κ3) is 3.25. The number of piperidine rings is 1. The van der Waals surface area contributed by atoms with Crippen LogP contribution in [0, 0.1) is 17.6 Å². The lowest BCUT2D eigenvalue weighted by molar-refractivity contribution is -0.0990. The summed E-state index contributed by atoms with van der Waals surface area (Å²) in [4.78, 5) is 13.9. The van der Waals surface area contributed by atoms with Crippen molar-refractivity contribution in [2.24, 2.45) is 11.1 Å². The van der Waals surface area contributed by atoms with Gasteiger partial charge in [0.05, 0.1) is 12.8 Å². The fourth-order valence-electron chi connectivity index (χ4n) is 3.60. The maximum Gasteiger partial charge on any atom is 0.410 e. The number of benzene rings is 1. The molecule has 0 bridgehead atoms. The summed E-state index contributed by atoms with van der Waals surface area (Å²) in [5.41, 5.74) is -0.505. The summed E-state index contributed by atoms with van der Waals surface area (Å²) >= 11 is 0. The van der Waals surface area contributed by atoms with Crippen molar-refractivity contribution in [1.29, 1.82) is 0 Å². The van der Waals surface area contributed by atoms with Crippen LogP contribution in [0.4, 0.5) is 13.6 Å². The molecule has 26 heavy (non-hydrogen) atoms. The van der Waals surface area contributed by atoms with Crippen LogP contribution < -0.4 is 0 Å². The van der Waals surface area contributed by atoms with Crippen LogP contribution in [0.25, 0.3) is 0 Å². The quantitative estimate of drug-likeness (QED) is 0.468. The zero-order valence-electron chi connectivity index (χ0n) is 15.0. The highest BCUT2D eigenvalue weighted by Gasteiger charge is 2.50. The third-order valence-corrected chi connectivity index (χ3v) is 4.75. The highest BCUT2D eigenvalue weighted by Crippen LogP contribution is 2.47. The molecule has 1 aromatic rings. The van der Waals surface area contributed by atoms with Crippen LogP contribution in [-0.2, 0) is 21.7 Å². The topological polar surface area (TPSA) is 71.4 Å². The van der Waals surface area contributed by atoms with Crippen LogP contribution in [-0.4, -0.2) is 41.1 Å². The predicted molar refractivity (Wildman–Crippen MR) is 89.0 cm³/mol. The van der Waals surface area contributed by atoms with Gasteiger partial charge in [-0.1, -0.05) is 0 Å². The number of carbonyl (C=O) groups is 1. The van der Waals surface area contributed by atoms with E-state index in [1.807, 2.05) is 0 Å². The number of hydrogen-bond acceptors (Lipinski definition) is 5. The van der Waals surface area contributed by atoms with E-state index in [1.54, 1.807) is 20.8 Å². The van der Waals surface area contributed by atoms with Gasteiger partial charge in [0, 0.05) is 19.0 Å². The Labute approximate surface area is 150 Å². The molecule has 3 rings (SSSR count). The Balaban J connectivity index is 1.90. The molecule has 1 spiro atoms. The van der Waals surface area contributed by atoms with Gasteiger partial charge in [-0.05, 0) is 50.5 Å². The zero-order valence-corrected chi connectivity index (χ0v) is 15.0. The highest BCUT2D eigenvalue weighted by molar-refractivity contribution is 5.71. The average Bonchev–Trinajstić information content (AvgIpc) is 2.87. The largest absolute Gasteiger partial charge is 0.444 e. The summed E-state index contributed by atoms with van der Waals surface area (Å²) < 4.78 is 38.7. The van der Waals surface area contributed by atoms with Crippen molar-refractivity contribution in [2.75, 3.05) is 13.1 Å². The Bertz CT molecular complexity index is 747. The second kappa shape index (κ2) is 6.50. The van der Waals surface area contributed by atoms with Gasteiger partial charge in [-0.25, -0.2) is 13.6 Å². The summed E-state index contributed by atoms with van der Waals surface area (Å²) in [5.74, 6) is -2.41. The zero-order chi connectivity index (χ0) is 19.1. The molecule has 2 aliphatic heterocycles. The van der Waals surface area contributed by atoms with E-state index < -0.39 is 34.8 Å². The summed E-state index contributed by atoms with van der Waals surface area (Å²) in [7, 11) is 0. The van der Waals surface area contributed by atoms with Gasteiger partial charge >= 0.3 is 6.09 Å². The van der Waals surface area contributed by atoms with E-state index in [0.29, 0.717) is 24.1 Å². The van der Waals surface area contributed by atoms with Crippen molar-refractivity contribution in [3.63, 3.8) is 0 Å². The summed E-state index contributed by atoms with van der Waals surface area (Å²) in [6, 6.07) is 2.27. The van der Waals surface area contributed by atoms with E-state index in [0.717, 1.165) is 12.1 Å². The molecule has 1 fully saturated rings. The molecule has 2 heterocycles. The number of rotatable bonds is 1. The number of ether oxygens (including phenoxy) is 2. The molecule has 0 aromatic heterocycles. The van der Waals surface area contributed by atoms with Crippen molar-refractivity contribution >= 4 is 12.3 Å². The normalized spacial score (nSPS) is 25.7. The van der Waals surface area contributed by atoms with Crippen LogP contribution in [0.15, 0.2) is 17.3 Å². The van der Waals surface area contributed by atoms with Crippen molar-refractivity contribution in [3.8, 4) is 0 Å². The SMILES string of the molecule is CC(C)(C)OC(=O)N1CC[C@@]2(OCc3cc(F)c(F)cc32)[C@@H](/C=N/O)C1. The first-order valence-electron chi connectivity index (χ1n) is 8.44. The van der Waals surface area contributed by atoms with Crippen molar-refractivity contribution < 1.29 is 28.3 Å². The van der Waals surface area contributed by atoms with E-state index >= 15 is 0 Å². The first kappa shape index (κ1) is 18.6. The maximum atomic E-state index is 13.8. The number of hydrogen-bond donors (Lipinski definition) is 1. The standard InChI is InChI=1S/C18H22F2N2O4/c1-17(2,3)26-16(23)22-5-4-18(12(9-22)8-21-24)13-7-15(20)14(19)6-11(13)10-25-18/h6-8,12,24H,4-5,9-10H2,1-3H3/b21-8+/t12-,18+/m0/s1. The summed E-state index contributed by atoms with van der Waals surface area (Å²) in [5, 5.41) is 12.2. The maximum absolute atomic E-state index is 13.8. The minimum atomic E-state index is -0.964. The highest BCUT2D eigenvalue weighted by atomic mass is 19.2. The lowest BCUT2D eigenvalue weighted by atomic mass is 9.76. The van der Waals surface area contributed by atoms with E-state index in [2.05, 4.69) is 5.16 Å². The smallest absolute Gasteiger partial charge is 0.410 e. The fraction of sp³-hybridized carbons (Fsp3) is 0.556. The number of oxime groups is 1. The van der Waals surface area contributed by atoms with E-state index in [4.69, 9.17) is 14.7 Å². The Hall–Kier alpha value is -2.22. The van der Waals surface area contributed by atoms with E-state index in [9.17, 15) is 13.6 Å². The van der Waals surface area contributed by atoms with Crippen LogP contribution in [0.2, 0.25) is 0 Å². The van der Waals surface area contributed by atoms with Crippen molar-refractivity contribution in [2.45, 2.75) is 45.0 Å². The van der Waals surface area contributed by atoms with Gasteiger partial charge < -0.3 is 19.6 Å². The number of amides is 1. The van der Waals surface area contributed by atoms with Crippen LogP contribution in [0.1, 0.15) is 38.3 Å². The van der Waals surface area contributed by atoms with Crippen LogP contribution in [0.3, 0.4) is 0 Å². The Morgan fingerprint density at radius 3 is 2.77 bits per heavy atom. The molecule has 1 N–H and O–H groups in total. The molecule has 1 saturated heterocycles. The number of halogens is 2. The molecule has 2 aliphatic rings. The molecule has 6 nitrogen and oxygen atoms in total. The van der Waals surface area contributed by atoms with Gasteiger partial charge in [0.25, 0.3) is 0 Å². The molecule has 0 unspecified atom stereocenters. The Kier molecular flexibility index (Phi) is 4.64. The first-order valence-corrected chi connectivity index (χ1v) is 8.44. The van der Waals surface area contributed by atoms with Gasteiger partial charge in [-0.15, -0.1) is 5.16 Å². The van der Waals surface area contributed by atoms with E-state index in [1.165, 1.54) is 11.1 Å². The first-order chi connectivity index (χ1) is 12.2. The molecule has 2 atom stereocenters. The second-order valence-electron chi connectivity index (χ2n) is 7.65. The fourth-order valence-corrected chi connectivity index (χ4v) is 3.60. The lowest BCUT2D eigenvalue weighted by Crippen LogP contribution is -2.53. The lowest BCUT2D eigenvalue weighted by Gasteiger charge is -2.44.